The Hall–Kier alpha value is -3.50. The van der Waals surface area contributed by atoms with Crippen LogP contribution in [0.2, 0.25) is 0 Å². The first-order valence-corrected chi connectivity index (χ1v) is 12.0. The molecule has 168 valence electrons. The van der Waals surface area contributed by atoms with E-state index in [1.807, 2.05) is 29.0 Å². The number of hydrogen-bond donors (Lipinski definition) is 2. The van der Waals surface area contributed by atoms with Gasteiger partial charge in [0.05, 0.1) is 21.9 Å². The van der Waals surface area contributed by atoms with E-state index in [4.69, 9.17) is 0 Å². The standard InChI is InChI=1S/C23H20FN5O2S2/c1-2-29-21(19-8-5-13-32-19)27-28-23(29)33-14-20(30)26-18-7-4-3-6-17(18)22(31)25-16-11-9-15(24)10-12-16/h3-13H,2,14H2,1H3,(H,25,31)(H,26,30). The molecule has 33 heavy (non-hydrogen) atoms. The number of aromatic nitrogens is 3. The van der Waals surface area contributed by atoms with Crippen molar-refractivity contribution in [3.05, 3.63) is 77.4 Å². The normalized spacial score (nSPS) is 10.7. The highest BCUT2D eigenvalue weighted by Crippen LogP contribution is 2.27. The number of carbonyl (C=O) groups is 2. The topological polar surface area (TPSA) is 88.9 Å². The Balaban J connectivity index is 1.41. The van der Waals surface area contributed by atoms with Crippen molar-refractivity contribution in [2.45, 2.75) is 18.6 Å². The molecule has 2 amide bonds. The summed E-state index contributed by atoms with van der Waals surface area (Å²) in [5, 5.41) is 16.6. The first-order chi connectivity index (χ1) is 16.0. The van der Waals surface area contributed by atoms with Crippen molar-refractivity contribution in [2.24, 2.45) is 0 Å². The molecular formula is C23H20FN5O2S2. The number of benzene rings is 2. The van der Waals surface area contributed by atoms with Gasteiger partial charge in [0.2, 0.25) is 5.91 Å². The molecule has 0 radical (unpaired) electrons. The maximum Gasteiger partial charge on any atom is 0.257 e. The Morgan fingerprint density at radius 3 is 2.55 bits per heavy atom. The lowest BCUT2D eigenvalue weighted by Gasteiger charge is -2.11. The summed E-state index contributed by atoms with van der Waals surface area (Å²) in [7, 11) is 0. The molecule has 4 rings (SSSR count). The van der Waals surface area contributed by atoms with Crippen molar-refractivity contribution in [2.75, 3.05) is 16.4 Å². The average molecular weight is 482 g/mol. The van der Waals surface area contributed by atoms with Crippen molar-refractivity contribution in [3.8, 4) is 10.7 Å². The van der Waals surface area contributed by atoms with Gasteiger partial charge in [-0.2, -0.15) is 0 Å². The molecule has 2 aromatic heterocycles. The number of rotatable bonds is 8. The second-order valence-electron chi connectivity index (χ2n) is 6.87. The van der Waals surface area contributed by atoms with Crippen molar-refractivity contribution in [1.29, 1.82) is 0 Å². The zero-order chi connectivity index (χ0) is 23.2. The van der Waals surface area contributed by atoms with Crippen LogP contribution >= 0.6 is 23.1 Å². The summed E-state index contributed by atoms with van der Waals surface area (Å²) in [5.41, 5.74) is 1.15. The lowest BCUT2D eigenvalue weighted by molar-refractivity contribution is -0.113. The first kappa shape index (κ1) is 22.7. The van der Waals surface area contributed by atoms with Gasteiger partial charge in [0, 0.05) is 12.2 Å². The van der Waals surface area contributed by atoms with Gasteiger partial charge in [0.25, 0.3) is 5.91 Å². The summed E-state index contributed by atoms with van der Waals surface area (Å²) >= 11 is 2.86. The zero-order valence-corrected chi connectivity index (χ0v) is 19.3. The van der Waals surface area contributed by atoms with Crippen molar-refractivity contribution in [3.63, 3.8) is 0 Å². The van der Waals surface area contributed by atoms with E-state index >= 15 is 0 Å². The minimum atomic E-state index is -0.406. The van der Waals surface area contributed by atoms with Gasteiger partial charge < -0.3 is 15.2 Å². The molecule has 0 unspecified atom stereocenters. The molecule has 2 aromatic carbocycles. The smallest absolute Gasteiger partial charge is 0.257 e. The van der Waals surface area contributed by atoms with Crippen LogP contribution in [0.3, 0.4) is 0 Å². The molecule has 2 heterocycles. The summed E-state index contributed by atoms with van der Waals surface area (Å²) < 4.78 is 15.1. The molecule has 0 fully saturated rings. The van der Waals surface area contributed by atoms with Gasteiger partial charge in [-0.3, -0.25) is 9.59 Å². The average Bonchev–Trinajstić information content (AvgIpc) is 3.49. The van der Waals surface area contributed by atoms with Crippen LogP contribution in [0.1, 0.15) is 17.3 Å². The van der Waals surface area contributed by atoms with Crippen LogP contribution in [0.15, 0.2) is 71.2 Å². The van der Waals surface area contributed by atoms with E-state index in [9.17, 15) is 14.0 Å². The van der Waals surface area contributed by atoms with Gasteiger partial charge in [-0.15, -0.1) is 21.5 Å². The van der Waals surface area contributed by atoms with Gasteiger partial charge in [0.15, 0.2) is 11.0 Å². The molecule has 0 saturated carbocycles. The minimum absolute atomic E-state index is 0.108. The highest BCUT2D eigenvalue weighted by atomic mass is 32.2. The fourth-order valence-corrected chi connectivity index (χ4v) is 4.63. The van der Waals surface area contributed by atoms with Crippen LogP contribution < -0.4 is 10.6 Å². The monoisotopic (exact) mass is 481 g/mol. The Morgan fingerprint density at radius 2 is 1.82 bits per heavy atom. The molecule has 2 N–H and O–H groups in total. The van der Waals surface area contributed by atoms with Gasteiger partial charge in [-0.05, 0) is 54.8 Å². The van der Waals surface area contributed by atoms with Crippen LogP contribution in [0.25, 0.3) is 10.7 Å². The number of anilines is 2. The number of nitrogens with zero attached hydrogens (tertiary/aromatic N) is 3. The summed E-state index contributed by atoms with van der Waals surface area (Å²) in [6.07, 6.45) is 0. The van der Waals surface area contributed by atoms with E-state index in [-0.39, 0.29) is 17.5 Å². The lowest BCUT2D eigenvalue weighted by atomic mass is 10.1. The van der Waals surface area contributed by atoms with Crippen molar-refractivity contribution in [1.82, 2.24) is 14.8 Å². The highest BCUT2D eigenvalue weighted by molar-refractivity contribution is 7.99. The Bertz CT molecular complexity index is 1260. The number of thiophene rings is 1. The third-order valence-corrected chi connectivity index (χ3v) is 6.49. The van der Waals surface area contributed by atoms with E-state index in [0.717, 1.165) is 10.7 Å². The zero-order valence-electron chi connectivity index (χ0n) is 17.6. The maximum atomic E-state index is 13.1. The van der Waals surface area contributed by atoms with Gasteiger partial charge in [0.1, 0.15) is 5.82 Å². The lowest BCUT2D eigenvalue weighted by Crippen LogP contribution is -2.19. The van der Waals surface area contributed by atoms with Gasteiger partial charge in [-0.1, -0.05) is 30.0 Å². The van der Waals surface area contributed by atoms with Crippen LogP contribution in [-0.2, 0) is 11.3 Å². The molecule has 0 aliphatic carbocycles. The maximum absolute atomic E-state index is 13.1. The number of para-hydroxylation sites is 1. The fraction of sp³-hybridized carbons (Fsp3) is 0.130. The second kappa shape index (κ2) is 10.4. The molecule has 0 aliphatic rings. The molecule has 0 saturated heterocycles. The van der Waals surface area contributed by atoms with E-state index in [2.05, 4.69) is 20.8 Å². The molecule has 0 aliphatic heterocycles. The molecule has 10 heteroatoms. The molecule has 0 spiro atoms. The van der Waals surface area contributed by atoms with Crippen molar-refractivity contribution >= 4 is 46.3 Å². The summed E-state index contributed by atoms with van der Waals surface area (Å²) in [5.74, 6) is -0.184. The van der Waals surface area contributed by atoms with Gasteiger partial charge in [-0.25, -0.2) is 4.39 Å². The minimum Gasteiger partial charge on any atom is -0.325 e. The molecule has 0 atom stereocenters. The fourth-order valence-electron chi connectivity index (χ4n) is 3.11. The molecular weight excluding hydrogens is 461 g/mol. The summed E-state index contributed by atoms with van der Waals surface area (Å²) in [6, 6.07) is 16.1. The number of halogens is 1. The van der Waals surface area contributed by atoms with Gasteiger partial charge >= 0.3 is 0 Å². The molecule has 0 bridgehead atoms. The largest absolute Gasteiger partial charge is 0.325 e. The van der Waals surface area contributed by atoms with Crippen LogP contribution in [-0.4, -0.2) is 32.3 Å². The number of carbonyl (C=O) groups excluding carboxylic acids is 2. The predicted octanol–water partition coefficient (Wildman–Crippen LogP) is 5.15. The van der Waals surface area contributed by atoms with Crippen LogP contribution in [0, 0.1) is 5.82 Å². The quantitative estimate of drug-likeness (QED) is 0.340. The van der Waals surface area contributed by atoms with E-state index in [1.165, 1.54) is 36.0 Å². The number of amides is 2. The molecule has 7 nitrogen and oxygen atoms in total. The number of hydrogen-bond acceptors (Lipinski definition) is 6. The molecule has 4 aromatic rings. The third-order valence-electron chi connectivity index (χ3n) is 4.65. The summed E-state index contributed by atoms with van der Waals surface area (Å²) in [6.45, 7) is 2.68. The number of thioether (sulfide) groups is 1. The van der Waals surface area contributed by atoms with E-state index in [1.54, 1.807) is 35.6 Å². The Labute approximate surface area is 198 Å². The summed E-state index contributed by atoms with van der Waals surface area (Å²) in [4.78, 5) is 26.3. The predicted molar refractivity (Wildman–Crippen MR) is 129 cm³/mol. The van der Waals surface area contributed by atoms with E-state index in [0.29, 0.717) is 28.6 Å². The van der Waals surface area contributed by atoms with Crippen molar-refractivity contribution < 1.29 is 14.0 Å². The third kappa shape index (κ3) is 5.47. The highest BCUT2D eigenvalue weighted by Gasteiger charge is 2.17. The van der Waals surface area contributed by atoms with Crippen LogP contribution in [0.4, 0.5) is 15.8 Å². The Kier molecular flexibility index (Phi) is 7.16. The number of nitrogens with one attached hydrogen (secondary N) is 2. The van der Waals surface area contributed by atoms with E-state index < -0.39 is 5.91 Å². The SMILES string of the molecule is CCn1c(SCC(=O)Nc2ccccc2C(=O)Nc2ccc(F)cc2)nnc1-c1cccs1. The van der Waals surface area contributed by atoms with Crippen LogP contribution in [0.5, 0.6) is 0 Å². The Morgan fingerprint density at radius 1 is 1.03 bits per heavy atom. The second-order valence-corrected chi connectivity index (χ2v) is 8.76. The first-order valence-electron chi connectivity index (χ1n) is 10.1.